The van der Waals surface area contributed by atoms with Gasteiger partial charge in [0, 0.05) is 34.1 Å². The molecule has 2 aliphatic rings. The first-order valence-electron chi connectivity index (χ1n) is 14.2. The Hall–Kier alpha value is -5.77. The van der Waals surface area contributed by atoms with Crippen molar-refractivity contribution in [1.29, 1.82) is 5.26 Å². The van der Waals surface area contributed by atoms with Gasteiger partial charge in [-0.1, -0.05) is 69.3 Å². The van der Waals surface area contributed by atoms with E-state index in [1.165, 1.54) is 0 Å². The minimum Gasteiger partial charge on any atom is -0.314 e. The third-order valence-electron chi connectivity index (χ3n) is 8.41. The predicted molar refractivity (Wildman–Crippen MR) is 176 cm³/mol. The maximum Gasteiger partial charge on any atom is 0.251 e. The Kier molecular flexibility index (Phi) is 5.88. The van der Waals surface area contributed by atoms with E-state index in [0.717, 1.165) is 56.1 Å². The quantitative estimate of drug-likeness (QED) is 0.161. The first kappa shape index (κ1) is 26.2. The molecule has 0 fully saturated rings. The maximum absolute atomic E-state index is 9.92. The lowest BCUT2D eigenvalue weighted by atomic mass is 9.33. The van der Waals surface area contributed by atoms with Gasteiger partial charge in [0.05, 0.1) is 24.8 Å². The SMILES string of the molecule is [C-]#[N+]c1cccc(N2c3cc([N+]#[C-])ccc3B3c4ccc(C#N)cc4N(c4ccccc4)c4cc(C(C)(C)C)cc2c43)c1. The number of benzene rings is 5. The number of anilines is 6. The Bertz CT molecular complexity index is 2070. The van der Waals surface area contributed by atoms with Crippen LogP contribution in [0, 0.1) is 24.5 Å². The lowest BCUT2D eigenvalue weighted by molar-refractivity contribution is 0.590. The topological polar surface area (TPSA) is 39.0 Å². The van der Waals surface area contributed by atoms with Crippen LogP contribution < -0.4 is 26.2 Å². The Morgan fingerprint density at radius 3 is 1.91 bits per heavy atom. The molecule has 2 heterocycles. The van der Waals surface area contributed by atoms with Gasteiger partial charge in [-0.2, -0.15) is 5.26 Å². The molecule has 0 bridgehead atoms. The van der Waals surface area contributed by atoms with Crippen LogP contribution in [0.4, 0.5) is 45.5 Å². The molecule has 202 valence electrons. The van der Waals surface area contributed by atoms with Gasteiger partial charge in [-0.3, -0.25) is 0 Å². The summed E-state index contributed by atoms with van der Waals surface area (Å²) >= 11 is 0. The van der Waals surface area contributed by atoms with Crippen molar-refractivity contribution in [3.8, 4) is 6.07 Å². The fraction of sp³-hybridized carbons (Fsp3) is 0.108. The van der Waals surface area contributed by atoms with Crippen LogP contribution in [0.5, 0.6) is 0 Å². The van der Waals surface area contributed by atoms with Gasteiger partial charge in [0.1, 0.15) is 0 Å². The normalized spacial score (nSPS) is 12.8. The highest BCUT2D eigenvalue weighted by Gasteiger charge is 2.44. The maximum atomic E-state index is 9.92. The molecule has 0 atom stereocenters. The monoisotopic (exact) mass is 551 g/mol. The number of fused-ring (bicyclic) bond motifs is 4. The second-order valence-electron chi connectivity index (χ2n) is 12.0. The number of rotatable bonds is 2. The fourth-order valence-electron chi connectivity index (χ4n) is 6.39. The van der Waals surface area contributed by atoms with Crippen LogP contribution in [0.1, 0.15) is 31.9 Å². The Morgan fingerprint density at radius 2 is 1.26 bits per heavy atom. The molecule has 0 N–H and O–H groups in total. The van der Waals surface area contributed by atoms with Crippen LogP contribution in [0.15, 0.2) is 103 Å². The van der Waals surface area contributed by atoms with Gasteiger partial charge in [-0.15, -0.1) is 0 Å². The van der Waals surface area contributed by atoms with E-state index >= 15 is 0 Å². The van der Waals surface area contributed by atoms with Gasteiger partial charge in [0.15, 0.2) is 11.4 Å². The van der Waals surface area contributed by atoms with Crippen molar-refractivity contribution in [3.05, 3.63) is 137 Å². The van der Waals surface area contributed by atoms with E-state index in [9.17, 15) is 5.26 Å². The molecule has 5 aromatic carbocycles. The van der Waals surface area contributed by atoms with Gasteiger partial charge >= 0.3 is 0 Å². The van der Waals surface area contributed by atoms with Gasteiger partial charge in [-0.25, -0.2) is 9.69 Å². The summed E-state index contributed by atoms with van der Waals surface area (Å²) in [6.45, 7) is 22.0. The molecule has 5 nitrogen and oxygen atoms in total. The van der Waals surface area contributed by atoms with E-state index in [1.54, 1.807) is 0 Å². The average molecular weight is 551 g/mol. The summed E-state index contributed by atoms with van der Waals surface area (Å²) in [5.74, 6) is 0. The molecule has 0 saturated heterocycles. The highest BCUT2D eigenvalue weighted by Crippen LogP contribution is 2.46. The second kappa shape index (κ2) is 9.66. The van der Waals surface area contributed by atoms with Crippen molar-refractivity contribution >= 4 is 68.6 Å². The van der Waals surface area contributed by atoms with E-state index in [1.807, 2.05) is 66.7 Å². The second-order valence-corrected chi connectivity index (χ2v) is 12.0. The molecule has 6 heteroatoms. The highest BCUT2D eigenvalue weighted by atomic mass is 15.2. The fourth-order valence-corrected chi connectivity index (χ4v) is 6.39. The van der Waals surface area contributed by atoms with Crippen molar-refractivity contribution in [3.63, 3.8) is 0 Å². The van der Waals surface area contributed by atoms with Crippen LogP contribution in [0.25, 0.3) is 9.69 Å². The molecule has 7 rings (SSSR count). The molecule has 43 heavy (non-hydrogen) atoms. The molecule has 0 aliphatic carbocycles. The number of nitriles is 1. The van der Waals surface area contributed by atoms with E-state index in [2.05, 4.69) is 82.7 Å². The third-order valence-corrected chi connectivity index (χ3v) is 8.41. The van der Waals surface area contributed by atoms with E-state index in [-0.39, 0.29) is 12.1 Å². The standard InChI is InChI=1S/C37H26BN5/c1-37(2,3)25-19-34-36-35(20-25)43(29-13-9-10-26(21-29)40-4)33-22-27(41-5)15-17-31(33)38(36)30-16-14-24(23-39)18-32(30)42(34)28-11-7-6-8-12-28/h6-22H,1-3H3. The minimum atomic E-state index is -0.166. The van der Waals surface area contributed by atoms with Gasteiger partial charge in [0.25, 0.3) is 6.71 Å². The number of hydrogen-bond donors (Lipinski definition) is 0. The Balaban J connectivity index is 1.65. The Labute approximate surface area is 252 Å². The van der Waals surface area contributed by atoms with Gasteiger partial charge < -0.3 is 9.80 Å². The first-order chi connectivity index (χ1) is 20.8. The largest absolute Gasteiger partial charge is 0.314 e. The lowest BCUT2D eigenvalue weighted by Crippen LogP contribution is -2.61. The summed E-state index contributed by atoms with van der Waals surface area (Å²) in [4.78, 5) is 12.0. The van der Waals surface area contributed by atoms with E-state index in [4.69, 9.17) is 13.1 Å². The van der Waals surface area contributed by atoms with Gasteiger partial charge in [-0.05, 0) is 82.0 Å². The van der Waals surface area contributed by atoms with Crippen molar-refractivity contribution in [2.75, 3.05) is 9.80 Å². The highest BCUT2D eigenvalue weighted by molar-refractivity contribution is 7.00. The van der Waals surface area contributed by atoms with Crippen molar-refractivity contribution in [1.82, 2.24) is 0 Å². The molecule has 0 amide bonds. The molecule has 0 spiro atoms. The summed E-state index contributed by atoms with van der Waals surface area (Å²) < 4.78 is 0. The summed E-state index contributed by atoms with van der Waals surface area (Å²) in [6, 6.07) is 36.8. The van der Waals surface area contributed by atoms with Crippen molar-refractivity contribution in [2.24, 2.45) is 0 Å². The van der Waals surface area contributed by atoms with Crippen molar-refractivity contribution in [2.45, 2.75) is 26.2 Å². The molecule has 0 aromatic heterocycles. The molecule has 2 aliphatic heterocycles. The summed E-state index contributed by atoms with van der Waals surface area (Å²) in [5.41, 5.74) is 11.9. The van der Waals surface area contributed by atoms with Crippen LogP contribution in [-0.4, -0.2) is 6.71 Å². The molecule has 0 unspecified atom stereocenters. The molecule has 5 aromatic rings. The third kappa shape index (κ3) is 4.06. The zero-order chi connectivity index (χ0) is 29.9. The zero-order valence-electron chi connectivity index (χ0n) is 24.1. The predicted octanol–water partition coefficient (Wildman–Crippen LogP) is 8.04. The number of hydrogen-bond acceptors (Lipinski definition) is 3. The molecule has 0 saturated carbocycles. The smallest absolute Gasteiger partial charge is 0.251 e. The van der Waals surface area contributed by atoms with Crippen molar-refractivity contribution < 1.29 is 0 Å². The van der Waals surface area contributed by atoms with Crippen LogP contribution in [-0.2, 0) is 5.41 Å². The zero-order valence-corrected chi connectivity index (χ0v) is 24.1. The van der Waals surface area contributed by atoms with Crippen LogP contribution >= 0.6 is 0 Å². The van der Waals surface area contributed by atoms with E-state index in [0.29, 0.717) is 16.9 Å². The minimum absolute atomic E-state index is 0.114. The first-order valence-corrected chi connectivity index (χ1v) is 14.2. The van der Waals surface area contributed by atoms with E-state index < -0.39 is 0 Å². The van der Waals surface area contributed by atoms with Crippen LogP contribution in [0.2, 0.25) is 0 Å². The number of para-hydroxylation sites is 1. The summed E-state index contributed by atoms with van der Waals surface area (Å²) in [5, 5.41) is 9.92. The lowest BCUT2D eigenvalue weighted by Gasteiger charge is -2.45. The van der Waals surface area contributed by atoms with Gasteiger partial charge in [0.2, 0.25) is 0 Å². The number of nitrogens with zero attached hydrogens (tertiary/aromatic N) is 5. The summed E-state index contributed by atoms with van der Waals surface area (Å²) in [6.07, 6.45) is 0. The molecule has 0 radical (unpaired) electrons. The molecular formula is C37H26BN5. The summed E-state index contributed by atoms with van der Waals surface area (Å²) in [7, 11) is 0. The van der Waals surface area contributed by atoms with Crippen LogP contribution in [0.3, 0.4) is 0 Å². The molecular weight excluding hydrogens is 525 g/mol. The average Bonchev–Trinajstić information content (AvgIpc) is 3.03. The Morgan fingerprint density at radius 1 is 0.651 bits per heavy atom.